The Morgan fingerprint density at radius 3 is 2.36 bits per heavy atom. The number of ether oxygens (including phenoxy) is 1. The van der Waals surface area contributed by atoms with Crippen molar-refractivity contribution in [2.45, 2.75) is 13.0 Å². The predicted molar refractivity (Wildman–Crippen MR) is 95.4 cm³/mol. The molecule has 0 heterocycles. The van der Waals surface area contributed by atoms with E-state index < -0.39 is 12.0 Å². The predicted octanol–water partition coefficient (Wildman–Crippen LogP) is 2.40. The average molecular weight is 340 g/mol. The van der Waals surface area contributed by atoms with E-state index in [2.05, 4.69) is 10.6 Å². The van der Waals surface area contributed by atoms with E-state index in [1.807, 2.05) is 37.3 Å². The molecule has 2 amide bonds. The topological polar surface area (TPSA) is 117 Å². The molecule has 0 spiro atoms. The lowest BCUT2D eigenvalue weighted by atomic mass is 10.1. The number of anilines is 1. The average Bonchev–Trinajstić information content (AvgIpc) is 2.61. The van der Waals surface area contributed by atoms with Crippen molar-refractivity contribution in [3.05, 3.63) is 65.7 Å². The van der Waals surface area contributed by atoms with Crippen molar-refractivity contribution in [3.63, 3.8) is 0 Å². The molecule has 7 heteroatoms. The van der Waals surface area contributed by atoms with Gasteiger partial charge in [0.15, 0.2) is 6.61 Å². The largest absolute Gasteiger partial charge is 0.439 e. The Balaban J connectivity index is 1.77. The number of hydrogen-bond donors (Lipinski definition) is 4. The van der Waals surface area contributed by atoms with E-state index in [-0.39, 0.29) is 18.5 Å². The molecule has 2 rings (SSSR count). The Labute approximate surface area is 145 Å². The van der Waals surface area contributed by atoms with E-state index in [0.717, 1.165) is 5.56 Å². The zero-order valence-electron chi connectivity index (χ0n) is 13.8. The summed E-state index contributed by atoms with van der Waals surface area (Å²) in [4.78, 5) is 23.6. The molecule has 0 radical (unpaired) electrons. The Bertz CT molecular complexity index is 745. The summed E-state index contributed by atoms with van der Waals surface area (Å²) >= 11 is 0. The zero-order valence-corrected chi connectivity index (χ0v) is 13.8. The number of rotatable bonds is 6. The Morgan fingerprint density at radius 2 is 1.76 bits per heavy atom. The molecule has 0 saturated carbocycles. The van der Waals surface area contributed by atoms with Gasteiger partial charge >= 0.3 is 6.09 Å². The first-order valence-corrected chi connectivity index (χ1v) is 7.68. The van der Waals surface area contributed by atoms with Crippen LogP contribution in [-0.2, 0) is 9.53 Å². The van der Waals surface area contributed by atoms with Crippen LogP contribution in [-0.4, -0.2) is 24.4 Å². The third kappa shape index (κ3) is 5.65. The summed E-state index contributed by atoms with van der Waals surface area (Å²) in [5, 5.41) is 12.5. The molecule has 5 N–H and O–H groups in total. The second-order valence-electron chi connectivity index (χ2n) is 5.39. The lowest BCUT2D eigenvalue weighted by Gasteiger charge is -2.14. The van der Waals surface area contributed by atoms with Gasteiger partial charge in [-0.25, -0.2) is 4.79 Å². The highest BCUT2D eigenvalue weighted by Gasteiger charge is 2.12. The van der Waals surface area contributed by atoms with Crippen molar-refractivity contribution < 1.29 is 14.3 Å². The monoisotopic (exact) mass is 340 g/mol. The summed E-state index contributed by atoms with van der Waals surface area (Å²) in [5.74, 6) is -0.447. The third-order valence-electron chi connectivity index (χ3n) is 3.45. The first-order valence-electron chi connectivity index (χ1n) is 7.68. The Kier molecular flexibility index (Phi) is 6.11. The molecule has 130 valence electrons. The van der Waals surface area contributed by atoms with Gasteiger partial charge in [0.05, 0.1) is 6.04 Å². The fourth-order valence-corrected chi connectivity index (χ4v) is 2.13. The number of carbonyl (C=O) groups excluding carboxylic acids is 2. The Hall–Kier alpha value is -3.35. The van der Waals surface area contributed by atoms with Gasteiger partial charge in [-0.1, -0.05) is 30.3 Å². The maximum Gasteiger partial charge on any atom is 0.412 e. The normalized spacial score (nSPS) is 11.2. The van der Waals surface area contributed by atoms with Crippen LogP contribution in [0.3, 0.4) is 0 Å². The van der Waals surface area contributed by atoms with Gasteiger partial charge in [0, 0.05) is 11.3 Å². The van der Waals surface area contributed by atoms with Gasteiger partial charge in [-0.2, -0.15) is 0 Å². The van der Waals surface area contributed by atoms with Gasteiger partial charge in [-0.15, -0.1) is 0 Å². The van der Waals surface area contributed by atoms with Crippen LogP contribution in [0.15, 0.2) is 54.6 Å². The SMILES string of the molecule is C[C@@H](NC(=O)COC(=O)Nc1ccc(C(=N)N)cc1)c1ccccc1. The van der Waals surface area contributed by atoms with Crippen LogP contribution in [0.1, 0.15) is 24.1 Å². The second kappa shape index (κ2) is 8.49. The lowest BCUT2D eigenvalue weighted by molar-refractivity contribution is -0.124. The number of amides is 2. The van der Waals surface area contributed by atoms with Gasteiger partial charge in [-0.05, 0) is 36.8 Å². The number of carbonyl (C=O) groups is 2. The van der Waals surface area contributed by atoms with Crippen molar-refractivity contribution in [1.82, 2.24) is 5.32 Å². The smallest absolute Gasteiger partial charge is 0.412 e. The number of amidine groups is 1. The minimum absolute atomic E-state index is 0.0571. The van der Waals surface area contributed by atoms with E-state index in [1.54, 1.807) is 24.3 Å². The van der Waals surface area contributed by atoms with E-state index in [9.17, 15) is 9.59 Å². The van der Waals surface area contributed by atoms with Crippen LogP contribution in [0, 0.1) is 5.41 Å². The molecule has 0 unspecified atom stereocenters. The van der Waals surface area contributed by atoms with Crippen molar-refractivity contribution in [1.29, 1.82) is 5.41 Å². The summed E-state index contributed by atoms with van der Waals surface area (Å²) in [6.45, 7) is 1.47. The van der Waals surface area contributed by atoms with Crippen LogP contribution in [0.2, 0.25) is 0 Å². The quantitative estimate of drug-likeness (QED) is 0.477. The second-order valence-corrected chi connectivity index (χ2v) is 5.39. The Morgan fingerprint density at radius 1 is 1.12 bits per heavy atom. The van der Waals surface area contributed by atoms with Gasteiger partial charge < -0.3 is 15.8 Å². The fourth-order valence-electron chi connectivity index (χ4n) is 2.13. The number of nitrogens with two attached hydrogens (primary N) is 1. The standard InChI is InChI=1S/C18H20N4O3/c1-12(13-5-3-2-4-6-13)21-16(23)11-25-18(24)22-15-9-7-14(8-10-15)17(19)20/h2-10,12H,11H2,1H3,(H3,19,20)(H,21,23)(H,22,24)/t12-/m1/s1. The highest BCUT2D eigenvalue weighted by Crippen LogP contribution is 2.11. The van der Waals surface area contributed by atoms with Crippen LogP contribution in [0.5, 0.6) is 0 Å². The summed E-state index contributed by atoms with van der Waals surface area (Å²) in [5.41, 5.74) is 7.35. The summed E-state index contributed by atoms with van der Waals surface area (Å²) in [6, 6.07) is 15.7. The highest BCUT2D eigenvalue weighted by atomic mass is 16.6. The van der Waals surface area contributed by atoms with Gasteiger partial charge in [0.1, 0.15) is 5.84 Å². The van der Waals surface area contributed by atoms with Gasteiger partial charge in [-0.3, -0.25) is 15.5 Å². The maximum absolute atomic E-state index is 11.8. The minimum Gasteiger partial charge on any atom is -0.439 e. The van der Waals surface area contributed by atoms with E-state index in [0.29, 0.717) is 11.3 Å². The van der Waals surface area contributed by atoms with Crippen LogP contribution in [0.4, 0.5) is 10.5 Å². The van der Waals surface area contributed by atoms with Crippen LogP contribution >= 0.6 is 0 Å². The van der Waals surface area contributed by atoms with Gasteiger partial charge in [0.2, 0.25) is 0 Å². The molecular weight excluding hydrogens is 320 g/mol. The molecule has 0 aliphatic heterocycles. The molecule has 0 aromatic heterocycles. The molecule has 2 aromatic carbocycles. The number of nitrogens with one attached hydrogen (secondary N) is 3. The molecule has 7 nitrogen and oxygen atoms in total. The van der Waals surface area contributed by atoms with E-state index in [1.165, 1.54) is 0 Å². The third-order valence-corrected chi connectivity index (χ3v) is 3.45. The molecular formula is C18H20N4O3. The molecule has 0 fully saturated rings. The maximum atomic E-state index is 11.8. The van der Waals surface area contributed by atoms with Crippen LogP contribution < -0.4 is 16.4 Å². The molecule has 0 bridgehead atoms. The van der Waals surface area contributed by atoms with E-state index >= 15 is 0 Å². The number of nitrogen functional groups attached to an aromatic ring is 1. The van der Waals surface area contributed by atoms with Crippen LogP contribution in [0.25, 0.3) is 0 Å². The fraction of sp³-hybridized carbons (Fsp3) is 0.167. The summed E-state index contributed by atoms with van der Waals surface area (Å²) in [6.07, 6.45) is -0.738. The van der Waals surface area contributed by atoms with E-state index in [4.69, 9.17) is 15.9 Å². The molecule has 0 aliphatic carbocycles. The first kappa shape index (κ1) is 18.0. The van der Waals surface area contributed by atoms with Crippen molar-refractivity contribution in [3.8, 4) is 0 Å². The molecule has 0 saturated heterocycles. The molecule has 1 atom stereocenters. The zero-order chi connectivity index (χ0) is 18.2. The lowest BCUT2D eigenvalue weighted by Crippen LogP contribution is -2.31. The molecule has 0 aliphatic rings. The van der Waals surface area contributed by atoms with Crippen molar-refractivity contribution in [2.24, 2.45) is 5.73 Å². The van der Waals surface area contributed by atoms with Crippen molar-refractivity contribution >= 4 is 23.5 Å². The van der Waals surface area contributed by atoms with Gasteiger partial charge in [0.25, 0.3) is 5.91 Å². The van der Waals surface area contributed by atoms with Crippen molar-refractivity contribution in [2.75, 3.05) is 11.9 Å². The summed E-state index contributed by atoms with van der Waals surface area (Å²) in [7, 11) is 0. The number of benzene rings is 2. The molecule has 2 aromatic rings. The number of hydrogen-bond acceptors (Lipinski definition) is 4. The summed E-state index contributed by atoms with van der Waals surface area (Å²) < 4.78 is 4.89. The first-order chi connectivity index (χ1) is 12.0. The highest BCUT2D eigenvalue weighted by molar-refractivity contribution is 5.95. The minimum atomic E-state index is -0.738. The molecule has 25 heavy (non-hydrogen) atoms.